The zero-order chi connectivity index (χ0) is 38.2. The van der Waals surface area contributed by atoms with Gasteiger partial charge in [-0.15, -0.1) is 0 Å². The summed E-state index contributed by atoms with van der Waals surface area (Å²) in [6.07, 6.45) is 0. The lowest BCUT2D eigenvalue weighted by atomic mass is 10.0. The second-order valence-corrected chi connectivity index (χ2v) is 14.9. The first kappa shape index (κ1) is 32.4. The van der Waals surface area contributed by atoms with Gasteiger partial charge in [-0.25, -0.2) is 0 Å². The molecule has 0 saturated carbocycles. The van der Waals surface area contributed by atoms with E-state index in [9.17, 15) is 0 Å². The molecule has 3 aromatic heterocycles. The molecule has 0 aliphatic rings. The first-order valence-corrected chi connectivity index (χ1v) is 19.8. The summed E-state index contributed by atoms with van der Waals surface area (Å²) in [5.41, 5.74) is 14.1. The molecule has 0 N–H and O–H groups in total. The van der Waals surface area contributed by atoms with Crippen LogP contribution in [0.1, 0.15) is 0 Å². The molecular weight excluding hydrogens is 707 g/mol. The molecule has 272 valence electrons. The molecule has 0 aliphatic heterocycles. The summed E-state index contributed by atoms with van der Waals surface area (Å²) in [5.74, 6) is 0. The maximum absolute atomic E-state index is 6.57. The number of hydrogen-bond donors (Lipinski definition) is 0. The molecule has 12 rings (SSSR count). The fourth-order valence-electron chi connectivity index (χ4n) is 9.21. The normalized spacial score (nSPS) is 11.8. The maximum Gasteiger partial charge on any atom is 0.143 e. The van der Waals surface area contributed by atoms with E-state index in [-0.39, 0.29) is 0 Å². The number of benzene rings is 9. The van der Waals surface area contributed by atoms with Crippen LogP contribution in [0.2, 0.25) is 0 Å². The predicted octanol–water partition coefficient (Wildman–Crippen LogP) is 14.9. The standard InChI is InChI=1S/C54H35N3O/c1-3-17-37(18-4-1)56-48-28-11-8-24-46(48)53-49(29-15-30-50(53)56)55(39-21-13-16-36(34-39)41-25-14-26-45-44-23-9-12-31-52(44)58-54(41)45)40-32-33-43-42-22-7-10-27-47(42)57(51(43)35-40)38-19-5-2-6-20-38/h1-35H. The van der Waals surface area contributed by atoms with Crippen molar-refractivity contribution in [1.29, 1.82) is 0 Å². The number of furan rings is 1. The summed E-state index contributed by atoms with van der Waals surface area (Å²) >= 11 is 0. The van der Waals surface area contributed by atoms with Crippen LogP contribution in [0.4, 0.5) is 17.1 Å². The van der Waals surface area contributed by atoms with Crippen LogP contribution >= 0.6 is 0 Å². The molecule has 0 aliphatic carbocycles. The van der Waals surface area contributed by atoms with Gasteiger partial charge >= 0.3 is 0 Å². The number of rotatable bonds is 6. The quantitative estimate of drug-likeness (QED) is 0.170. The van der Waals surface area contributed by atoms with E-state index in [0.717, 1.165) is 72.5 Å². The van der Waals surface area contributed by atoms with Crippen molar-refractivity contribution in [3.8, 4) is 22.5 Å². The summed E-state index contributed by atoms with van der Waals surface area (Å²) < 4.78 is 11.4. The highest BCUT2D eigenvalue weighted by Gasteiger charge is 2.23. The molecule has 0 bridgehead atoms. The third kappa shape index (κ3) is 4.88. The fourth-order valence-corrected chi connectivity index (χ4v) is 9.21. The summed E-state index contributed by atoms with van der Waals surface area (Å²) in [4.78, 5) is 2.44. The van der Waals surface area contributed by atoms with Gasteiger partial charge in [0.2, 0.25) is 0 Å². The van der Waals surface area contributed by atoms with E-state index in [2.05, 4.69) is 220 Å². The number of aromatic nitrogens is 2. The van der Waals surface area contributed by atoms with E-state index in [4.69, 9.17) is 4.42 Å². The van der Waals surface area contributed by atoms with E-state index >= 15 is 0 Å². The Morgan fingerprint density at radius 2 is 0.931 bits per heavy atom. The molecule has 12 aromatic rings. The van der Waals surface area contributed by atoms with Crippen LogP contribution in [-0.4, -0.2) is 9.13 Å². The van der Waals surface area contributed by atoms with Crippen molar-refractivity contribution in [2.75, 3.05) is 4.90 Å². The molecule has 0 amide bonds. The number of nitrogens with zero attached hydrogens (tertiary/aromatic N) is 3. The van der Waals surface area contributed by atoms with Gasteiger partial charge < -0.3 is 18.5 Å². The van der Waals surface area contributed by atoms with Gasteiger partial charge in [-0.1, -0.05) is 133 Å². The van der Waals surface area contributed by atoms with Crippen molar-refractivity contribution in [3.05, 3.63) is 212 Å². The van der Waals surface area contributed by atoms with Gasteiger partial charge in [-0.2, -0.15) is 0 Å². The van der Waals surface area contributed by atoms with Crippen molar-refractivity contribution in [2.45, 2.75) is 0 Å². The maximum atomic E-state index is 6.57. The molecule has 0 saturated heterocycles. The minimum absolute atomic E-state index is 0.895. The van der Waals surface area contributed by atoms with E-state index < -0.39 is 0 Å². The molecule has 0 spiro atoms. The average molecular weight is 742 g/mol. The third-order valence-electron chi connectivity index (χ3n) is 11.7. The van der Waals surface area contributed by atoms with Crippen molar-refractivity contribution in [1.82, 2.24) is 9.13 Å². The Morgan fingerprint density at radius 3 is 1.72 bits per heavy atom. The highest BCUT2D eigenvalue weighted by molar-refractivity contribution is 6.17. The van der Waals surface area contributed by atoms with Gasteiger partial charge in [0.05, 0.1) is 27.8 Å². The molecule has 4 heteroatoms. The Bertz CT molecular complexity index is 3520. The Labute approximate surface area is 334 Å². The summed E-state index contributed by atoms with van der Waals surface area (Å²) in [6.45, 7) is 0. The Balaban J connectivity index is 1.15. The molecule has 58 heavy (non-hydrogen) atoms. The van der Waals surface area contributed by atoms with Crippen LogP contribution in [0.25, 0.3) is 88.1 Å². The largest absolute Gasteiger partial charge is 0.455 e. The lowest BCUT2D eigenvalue weighted by molar-refractivity contribution is 0.670. The van der Waals surface area contributed by atoms with E-state index in [1.807, 2.05) is 6.07 Å². The highest BCUT2D eigenvalue weighted by atomic mass is 16.3. The molecule has 3 heterocycles. The number of anilines is 3. The summed E-state index contributed by atoms with van der Waals surface area (Å²) in [5, 5.41) is 7.08. The minimum Gasteiger partial charge on any atom is -0.455 e. The summed E-state index contributed by atoms with van der Waals surface area (Å²) in [7, 11) is 0. The Morgan fingerprint density at radius 1 is 0.362 bits per heavy atom. The topological polar surface area (TPSA) is 26.2 Å². The number of para-hydroxylation sites is 6. The second-order valence-electron chi connectivity index (χ2n) is 14.9. The van der Waals surface area contributed by atoms with Crippen molar-refractivity contribution >= 4 is 82.6 Å². The predicted molar refractivity (Wildman–Crippen MR) is 243 cm³/mol. The van der Waals surface area contributed by atoms with Gasteiger partial charge in [-0.3, -0.25) is 0 Å². The minimum atomic E-state index is 0.895. The van der Waals surface area contributed by atoms with Crippen LogP contribution in [0.3, 0.4) is 0 Å². The van der Waals surface area contributed by atoms with Gasteiger partial charge in [0.1, 0.15) is 11.2 Å². The lowest BCUT2D eigenvalue weighted by Gasteiger charge is -2.27. The van der Waals surface area contributed by atoms with Crippen LogP contribution < -0.4 is 4.90 Å². The molecule has 4 nitrogen and oxygen atoms in total. The first-order chi connectivity index (χ1) is 28.8. The molecule has 9 aromatic carbocycles. The van der Waals surface area contributed by atoms with Crippen LogP contribution in [-0.2, 0) is 0 Å². The molecule has 0 atom stereocenters. The van der Waals surface area contributed by atoms with Gasteiger partial charge in [0.25, 0.3) is 0 Å². The van der Waals surface area contributed by atoms with E-state index in [1.54, 1.807) is 0 Å². The Hall–Kier alpha value is -7.82. The van der Waals surface area contributed by atoms with Crippen molar-refractivity contribution in [2.24, 2.45) is 0 Å². The fraction of sp³-hybridized carbons (Fsp3) is 0. The van der Waals surface area contributed by atoms with Gasteiger partial charge in [0, 0.05) is 60.6 Å². The molecule has 0 radical (unpaired) electrons. The van der Waals surface area contributed by atoms with Gasteiger partial charge in [-0.05, 0) is 84.4 Å². The molecule has 0 unspecified atom stereocenters. The van der Waals surface area contributed by atoms with Crippen LogP contribution in [0.5, 0.6) is 0 Å². The molecule has 0 fully saturated rings. The summed E-state index contributed by atoms with van der Waals surface area (Å²) in [6, 6.07) is 76.2. The molecular formula is C54H35N3O. The van der Waals surface area contributed by atoms with Crippen LogP contribution in [0.15, 0.2) is 217 Å². The zero-order valence-corrected chi connectivity index (χ0v) is 31.5. The lowest BCUT2D eigenvalue weighted by Crippen LogP contribution is -2.11. The Kier molecular flexibility index (Phi) is 7.20. The van der Waals surface area contributed by atoms with Crippen molar-refractivity contribution < 1.29 is 4.42 Å². The van der Waals surface area contributed by atoms with E-state index in [0.29, 0.717) is 0 Å². The smallest absolute Gasteiger partial charge is 0.143 e. The third-order valence-corrected chi connectivity index (χ3v) is 11.7. The SMILES string of the molecule is c1ccc(-n2c3ccccc3c3ccc(N(c4cccc(-c5cccc6c5oc5ccccc56)c4)c4cccc5c4c4ccccc4n5-c4ccccc4)cc32)cc1. The van der Waals surface area contributed by atoms with E-state index in [1.165, 1.54) is 32.6 Å². The first-order valence-electron chi connectivity index (χ1n) is 19.8. The number of hydrogen-bond acceptors (Lipinski definition) is 2. The monoisotopic (exact) mass is 741 g/mol. The van der Waals surface area contributed by atoms with Crippen LogP contribution in [0, 0.1) is 0 Å². The number of fused-ring (bicyclic) bond motifs is 9. The van der Waals surface area contributed by atoms with Gasteiger partial charge in [0.15, 0.2) is 0 Å². The highest BCUT2D eigenvalue weighted by Crippen LogP contribution is 2.46. The zero-order valence-electron chi connectivity index (χ0n) is 31.5. The van der Waals surface area contributed by atoms with Crippen molar-refractivity contribution in [3.63, 3.8) is 0 Å². The second kappa shape index (κ2) is 12.9. The average Bonchev–Trinajstić information content (AvgIpc) is 3.95.